The minimum Gasteiger partial charge on any atom is -0.272 e. The first-order valence-corrected chi connectivity index (χ1v) is 3.64. The summed E-state index contributed by atoms with van der Waals surface area (Å²) >= 11 is 0. The maximum absolute atomic E-state index is 10.8. The molecule has 0 unspecified atom stereocenters. The zero-order chi connectivity index (χ0) is 8.97. The minimum atomic E-state index is -0.147. The molecule has 0 spiro atoms. The lowest BCUT2D eigenvalue weighted by atomic mass is 10.2. The molecule has 0 radical (unpaired) electrons. The highest BCUT2D eigenvalue weighted by molar-refractivity contribution is 6.13. The maximum Gasteiger partial charge on any atom is 0.253 e. The second-order valence-electron chi connectivity index (χ2n) is 2.62. The fraction of sp³-hybridized carbons (Fsp3) is 0.222. The van der Waals surface area contributed by atoms with Gasteiger partial charge in [0, 0.05) is 0 Å². The summed E-state index contributed by atoms with van der Waals surface area (Å²) in [4.78, 5) is 18.2. The Balaban J connectivity index is 2.65. The van der Waals surface area contributed by atoms with E-state index < -0.39 is 0 Å². The number of nitrogens with zero attached hydrogens (tertiary/aromatic N) is 2. The second kappa shape index (κ2) is 3.76. The van der Waals surface area contributed by atoms with Gasteiger partial charge >= 0.3 is 0 Å². The third-order valence-corrected chi connectivity index (χ3v) is 1.32. The van der Waals surface area contributed by atoms with Crippen LogP contribution in [0.15, 0.2) is 34.3 Å². The maximum atomic E-state index is 10.8. The van der Waals surface area contributed by atoms with Crippen molar-refractivity contribution >= 4 is 18.0 Å². The van der Waals surface area contributed by atoms with E-state index in [0.717, 1.165) is 11.3 Å². The highest BCUT2D eigenvalue weighted by Crippen LogP contribution is 1.99. The van der Waals surface area contributed by atoms with Gasteiger partial charge in [0.25, 0.3) is 5.91 Å². The summed E-state index contributed by atoms with van der Waals surface area (Å²) in [5.74, 6) is -0.147. The lowest BCUT2D eigenvalue weighted by Crippen LogP contribution is -2.07. The van der Waals surface area contributed by atoms with Crippen LogP contribution in [0.3, 0.4) is 0 Å². The van der Waals surface area contributed by atoms with Gasteiger partial charge in [0.1, 0.15) is 6.34 Å². The Labute approximate surface area is 71.2 Å². The molecular formula is C9H10N2O. The predicted octanol–water partition coefficient (Wildman–Crippen LogP) is 1.52. The van der Waals surface area contributed by atoms with Gasteiger partial charge in [-0.2, -0.15) is 0 Å². The monoisotopic (exact) mass is 162 g/mol. The van der Waals surface area contributed by atoms with Crippen LogP contribution in [-0.2, 0) is 4.79 Å². The summed E-state index contributed by atoms with van der Waals surface area (Å²) in [6.07, 6.45) is 5.18. The van der Waals surface area contributed by atoms with Crippen LogP contribution in [0.4, 0.5) is 0 Å². The first kappa shape index (κ1) is 8.59. The largest absolute Gasteiger partial charge is 0.272 e. The standard InChI is InChI=1S/C9H10N2O/c1-7(2)3-4-8-5-9(12)11-6-10-8/h3-4,6H,1,5H2,2H3/b4-3-. The SMILES string of the molecule is C=C(C)/C=C\C1=NC=NC(=O)C1. The highest BCUT2D eigenvalue weighted by Gasteiger charge is 2.05. The van der Waals surface area contributed by atoms with E-state index >= 15 is 0 Å². The van der Waals surface area contributed by atoms with Crippen LogP contribution < -0.4 is 0 Å². The van der Waals surface area contributed by atoms with Gasteiger partial charge in [-0.15, -0.1) is 0 Å². The topological polar surface area (TPSA) is 41.8 Å². The third-order valence-electron chi connectivity index (χ3n) is 1.32. The molecule has 0 saturated heterocycles. The molecule has 1 aliphatic rings. The number of hydrogen-bond donors (Lipinski definition) is 0. The van der Waals surface area contributed by atoms with Crippen LogP contribution in [0.25, 0.3) is 0 Å². The third kappa shape index (κ3) is 2.62. The molecule has 62 valence electrons. The molecule has 0 aliphatic carbocycles. The van der Waals surface area contributed by atoms with Crippen LogP contribution in [0, 0.1) is 0 Å². The van der Waals surface area contributed by atoms with Gasteiger partial charge in [-0.25, -0.2) is 9.98 Å². The van der Waals surface area contributed by atoms with Crippen molar-refractivity contribution in [3.05, 3.63) is 24.3 Å². The fourth-order valence-corrected chi connectivity index (χ4v) is 0.754. The zero-order valence-electron chi connectivity index (χ0n) is 6.95. The molecule has 1 heterocycles. The Morgan fingerprint density at radius 1 is 1.75 bits per heavy atom. The number of hydrogen-bond acceptors (Lipinski definition) is 2. The van der Waals surface area contributed by atoms with E-state index in [0.29, 0.717) is 6.42 Å². The molecule has 0 fully saturated rings. The number of carbonyl (C=O) groups excluding carboxylic acids is 1. The van der Waals surface area contributed by atoms with Crippen LogP contribution in [-0.4, -0.2) is 18.0 Å². The molecule has 0 bridgehead atoms. The Morgan fingerprint density at radius 2 is 2.50 bits per heavy atom. The first-order chi connectivity index (χ1) is 5.68. The highest BCUT2D eigenvalue weighted by atomic mass is 16.1. The van der Waals surface area contributed by atoms with E-state index in [9.17, 15) is 4.79 Å². The molecule has 12 heavy (non-hydrogen) atoms. The Kier molecular flexibility index (Phi) is 2.69. The average Bonchev–Trinajstić information content (AvgIpc) is 2.01. The molecule has 1 aliphatic heterocycles. The molecule has 3 nitrogen and oxygen atoms in total. The molecule has 0 aromatic rings. The number of carbonyl (C=O) groups is 1. The van der Waals surface area contributed by atoms with Gasteiger partial charge < -0.3 is 0 Å². The summed E-state index contributed by atoms with van der Waals surface area (Å²) in [5, 5.41) is 0. The van der Waals surface area contributed by atoms with E-state index in [-0.39, 0.29) is 5.91 Å². The normalized spacial score (nSPS) is 16.8. The average molecular weight is 162 g/mol. The molecule has 1 amide bonds. The van der Waals surface area contributed by atoms with Crippen molar-refractivity contribution in [2.45, 2.75) is 13.3 Å². The Morgan fingerprint density at radius 3 is 3.08 bits per heavy atom. The van der Waals surface area contributed by atoms with Crippen molar-refractivity contribution in [2.75, 3.05) is 0 Å². The fourth-order valence-electron chi connectivity index (χ4n) is 0.754. The summed E-state index contributed by atoms with van der Waals surface area (Å²) < 4.78 is 0. The van der Waals surface area contributed by atoms with Crippen molar-refractivity contribution in [3.8, 4) is 0 Å². The van der Waals surface area contributed by atoms with Gasteiger partial charge in [0.05, 0.1) is 12.1 Å². The smallest absolute Gasteiger partial charge is 0.253 e. The van der Waals surface area contributed by atoms with Crippen molar-refractivity contribution in [1.29, 1.82) is 0 Å². The molecule has 0 N–H and O–H groups in total. The molecular weight excluding hydrogens is 152 g/mol. The van der Waals surface area contributed by atoms with E-state index in [1.807, 2.05) is 13.0 Å². The second-order valence-corrected chi connectivity index (χ2v) is 2.62. The van der Waals surface area contributed by atoms with Gasteiger partial charge in [-0.3, -0.25) is 4.79 Å². The zero-order valence-corrected chi connectivity index (χ0v) is 6.95. The molecule has 1 rings (SSSR count). The number of aliphatic imine (C=N–C) groups is 2. The van der Waals surface area contributed by atoms with E-state index in [1.165, 1.54) is 6.34 Å². The molecule has 0 atom stereocenters. The molecule has 0 saturated carbocycles. The van der Waals surface area contributed by atoms with Crippen LogP contribution in [0.2, 0.25) is 0 Å². The van der Waals surface area contributed by atoms with Crippen molar-refractivity contribution in [2.24, 2.45) is 9.98 Å². The van der Waals surface area contributed by atoms with Crippen LogP contribution in [0.5, 0.6) is 0 Å². The molecule has 0 aromatic heterocycles. The van der Waals surface area contributed by atoms with Crippen molar-refractivity contribution < 1.29 is 4.79 Å². The van der Waals surface area contributed by atoms with E-state index in [2.05, 4.69) is 16.6 Å². The Bertz CT molecular complexity index is 298. The Hall–Kier alpha value is -1.51. The minimum absolute atomic E-state index is 0.147. The number of rotatable bonds is 2. The lowest BCUT2D eigenvalue weighted by Gasteiger charge is -1.99. The van der Waals surface area contributed by atoms with Crippen molar-refractivity contribution in [1.82, 2.24) is 0 Å². The van der Waals surface area contributed by atoms with Crippen molar-refractivity contribution in [3.63, 3.8) is 0 Å². The lowest BCUT2D eigenvalue weighted by molar-refractivity contribution is -0.116. The first-order valence-electron chi connectivity index (χ1n) is 3.64. The van der Waals surface area contributed by atoms with Gasteiger partial charge in [0.2, 0.25) is 0 Å². The summed E-state index contributed by atoms with van der Waals surface area (Å²) in [6, 6.07) is 0. The number of amides is 1. The van der Waals surface area contributed by atoms with Crippen LogP contribution >= 0.6 is 0 Å². The van der Waals surface area contributed by atoms with E-state index in [1.54, 1.807) is 6.08 Å². The predicted molar refractivity (Wildman–Crippen MR) is 49.5 cm³/mol. The summed E-state index contributed by atoms with van der Waals surface area (Å²) in [6.45, 7) is 5.58. The van der Waals surface area contributed by atoms with Gasteiger partial charge in [0.15, 0.2) is 0 Å². The van der Waals surface area contributed by atoms with Gasteiger partial charge in [-0.1, -0.05) is 18.2 Å². The molecule has 0 aromatic carbocycles. The summed E-state index contributed by atoms with van der Waals surface area (Å²) in [7, 11) is 0. The number of allylic oxidation sites excluding steroid dienone is 3. The van der Waals surface area contributed by atoms with Crippen LogP contribution in [0.1, 0.15) is 13.3 Å². The van der Waals surface area contributed by atoms with Gasteiger partial charge in [-0.05, 0) is 13.0 Å². The summed E-state index contributed by atoms with van der Waals surface area (Å²) in [5.41, 5.74) is 1.67. The quantitative estimate of drug-likeness (QED) is 0.567. The van der Waals surface area contributed by atoms with E-state index in [4.69, 9.17) is 0 Å². The molecule has 3 heteroatoms.